The van der Waals surface area contributed by atoms with Crippen LogP contribution in [0.3, 0.4) is 0 Å². The van der Waals surface area contributed by atoms with Gasteiger partial charge in [-0.25, -0.2) is 9.67 Å². The zero-order chi connectivity index (χ0) is 18.0. The first kappa shape index (κ1) is 17.3. The maximum Gasteiger partial charge on any atom is 0.224 e. The van der Waals surface area contributed by atoms with Gasteiger partial charge in [-0.3, -0.25) is 4.79 Å². The smallest absolute Gasteiger partial charge is 0.224 e. The molecule has 3 aromatic heterocycles. The third-order valence-corrected chi connectivity index (χ3v) is 4.82. The summed E-state index contributed by atoms with van der Waals surface area (Å²) in [6.45, 7) is 8.18. The third-order valence-electron chi connectivity index (χ3n) is 3.95. The van der Waals surface area contributed by atoms with Crippen molar-refractivity contribution in [3.05, 3.63) is 45.5 Å². The fraction of sp³-hybridized carbons (Fsp3) is 0.412. The highest BCUT2D eigenvalue weighted by molar-refractivity contribution is 7.12. The molecule has 7 nitrogen and oxygen atoms in total. The molecule has 3 rings (SSSR count). The van der Waals surface area contributed by atoms with Gasteiger partial charge in [0.05, 0.1) is 23.5 Å². The molecule has 0 fully saturated rings. The first-order valence-electron chi connectivity index (χ1n) is 8.10. The summed E-state index contributed by atoms with van der Waals surface area (Å²) in [5.41, 5.74) is 4.61. The fourth-order valence-electron chi connectivity index (χ4n) is 2.64. The molecular weight excluding hydrogens is 338 g/mol. The van der Waals surface area contributed by atoms with Gasteiger partial charge in [0, 0.05) is 29.6 Å². The van der Waals surface area contributed by atoms with Crippen LogP contribution in [0, 0.1) is 27.7 Å². The summed E-state index contributed by atoms with van der Waals surface area (Å²) >= 11 is 1.55. The molecule has 3 aromatic rings. The molecule has 0 aromatic carbocycles. The summed E-state index contributed by atoms with van der Waals surface area (Å²) in [6.07, 6.45) is 0.971. The number of carbonyl (C=O) groups is 1. The van der Waals surface area contributed by atoms with Crippen LogP contribution in [0.25, 0.3) is 5.13 Å². The van der Waals surface area contributed by atoms with E-state index in [9.17, 15) is 4.79 Å². The van der Waals surface area contributed by atoms with Gasteiger partial charge in [0.1, 0.15) is 5.76 Å². The molecule has 0 aliphatic rings. The number of nitrogens with zero attached hydrogens (tertiary/aromatic N) is 4. The highest BCUT2D eigenvalue weighted by Crippen LogP contribution is 2.17. The minimum absolute atomic E-state index is 0.0385. The normalized spacial score (nSPS) is 11.0. The quantitative estimate of drug-likeness (QED) is 0.731. The molecule has 0 saturated heterocycles. The summed E-state index contributed by atoms with van der Waals surface area (Å²) < 4.78 is 6.93. The number of nitrogens with one attached hydrogen (secondary N) is 1. The standard InChI is InChI=1S/C17H21N5O2S/c1-10-7-11(2)22(20-10)17-19-14(9-25-17)5-6-18-16(23)8-15-12(3)21-24-13(15)4/h7,9H,5-6,8H2,1-4H3,(H,18,23). The molecule has 8 heteroatoms. The molecule has 0 unspecified atom stereocenters. The Labute approximate surface area is 150 Å². The second-order valence-corrected chi connectivity index (χ2v) is 6.88. The van der Waals surface area contributed by atoms with Crippen LogP contribution >= 0.6 is 11.3 Å². The number of rotatable bonds is 6. The first-order valence-corrected chi connectivity index (χ1v) is 8.98. The zero-order valence-electron chi connectivity index (χ0n) is 14.8. The second kappa shape index (κ2) is 7.18. The van der Waals surface area contributed by atoms with Gasteiger partial charge >= 0.3 is 0 Å². The van der Waals surface area contributed by atoms with Crippen molar-refractivity contribution in [2.24, 2.45) is 0 Å². The molecule has 132 valence electrons. The molecule has 25 heavy (non-hydrogen) atoms. The van der Waals surface area contributed by atoms with Gasteiger partial charge < -0.3 is 9.84 Å². The van der Waals surface area contributed by atoms with E-state index in [0.29, 0.717) is 18.7 Å². The number of aryl methyl sites for hydroxylation is 4. The molecule has 0 radical (unpaired) electrons. The van der Waals surface area contributed by atoms with Crippen LogP contribution in [0.1, 0.15) is 34.1 Å². The van der Waals surface area contributed by atoms with Crippen LogP contribution in [0.5, 0.6) is 0 Å². The van der Waals surface area contributed by atoms with Crippen molar-refractivity contribution >= 4 is 17.2 Å². The highest BCUT2D eigenvalue weighted by atomic mass is 32.1. The number of aromatic nitrogens is 4. The Hall–Kier alpha value is -2.48. The van der Waals surface area contributed by atoms with Crippen molar-refractivity contribution in [1.29, 1.82) is 0 Å². The SMILES string of the molecule is Cc1cc(C)n(-c2nc(CCNC(=O)Cc3c(C)noc3C)cs2)n1. The van der Waals surface area contributed by atoms with Crippen molar-refractivity contribution in [1.82, 2.24) is 25.2 Å². The number of thiazole rings is 1. The molecule has 1 N–H and O–H groups in total. The Morgan fingerprint density at radius 2 is 2.12 bits per heavy atom. The maximum atomic E-state index is 12.1. The van der Waals surface area contributed by atoms with Crippen LogP contribution in [0.15, 0.2) is 16.0 Å². The summed E-state index contributed by atoms with van der Waals surface area (Å²) in [6, 6.07) is 2.02. The predicted octanol–water partition coefficient (Wildman–Crippen LogP) is 2.45. The molecule has 0 saturated carbocycles. The van der Waals surface area contributed by atoms with Gasteiger partial charge in [-0.15, -0.1) is 11.3 Å². The Morgan fingerprint density at radius 1 is 1.32 bits per heavy atom. The number of carbonyl (C=O) groups excluding carboxylic acids is 1. The van der Waals surface area contributed by atoms with E-state index in [2.05, 4.69) is 20.6 Å². The summed E-state index contributed by atoms with van der Waals surface area (Å²) in [7, 11) is 0. The largest absolute Gasteiger partial charge is 0.361 e. The van der Waals surface area contributed by atoms with Gasteiger partial charge in [-0.05, 0) is 33.8 Å². The van der Waals surface area contributed by atoms with Gasteiger partial charge in [0.2, 0.25) is 11.0 Å². The minimum Gasteiger partial charge on any atom is -0.361 e. The average molecular weight is 359 g/mol. The lowest BCUT2D eigenvalue weighted by Gasteiger charge is -2.04. The van der Waals surface area contributed by atoms with E-state index in [1.54, 1.807) is 11.3 Å². The molecular formula is C17H21N5O2S. The van der Waals surface area contributed by atoms with Gasteiger partial charge in [0.15, 0.2) is 0 Å². The summed E-state index contributed by atoms with van der Waals surface area (Å²) in [5.74, 6) is 0.657. The van der Waals surface area contributed by atoms with E-state index >= 15 is 0 Å². The second-order valence-electron chi connectivity index (χ2n) is 6.04. The van der Waals surface area contributed by atoms with E-state index in [1.807, 2.05) is 43.8 Å². The lowest BCUT2D eigenvalue weighted by atomic mass is 10.1. The van der Waals surface area contributed by atoms with Crippen LogP contribution in [-0.2, 0) is 17.6 Å². The Morgan fingerprint density at radius 3 is 2.76 bits per heavy atom. The topological polar surface area (TPSA) is 85.8 Å². The Balaban J connectivity index is 1.53. The average Bonchev–Trinajstić information content (AvgIpc) is 3.23. The molecule has 0 spiro atoms. The minimum atomic E-state index is -0.0385. The highest BCUT2D eigenvalue weighted by Gasteiger charge is 2.13. The van der Waals surface area contributed by atoms with E-state index < -0.39 is 0 Å². The summed E-state index contributed by atoms with van der Waals surface area (Å²) in [4.78, 5) is 16.7. The van der Waals surface area contributed by atoms with Gasteiger partial charge in [-0.2, -0.15) is 5.10 Å². The van der Waals surface area contributed by atoms with Crippen molar-refractivity contribution in [3.63, 3.8) is 0 Å². The van der Waals surface area contributed by atoms with E-state index in [4.69, 9.17) is 4.52 Å². The lowest BCUT2D eigenvalue weighted by Crippen LogP contribution is -2.27. The van der Waals surface area contributed by atoms with Crippen LogP contribution in [0.4, 0.5) is 0 Å². The number of hydrogen-bond acceptors (Lipinski definition) is 6. The Kier molecular flexibility index (Phi) is 4.98. The van der Waals surface area contributed by atoms with Crippen molar-refractivity contribution in [2.75, 3.05) is 6.54 Å². The van der Waals surface area contributed by atoms with Crippen molar-refractivity contribution < 1.29 is 9.32 Å². The van der Waals surface area contributed by atoms with E-state index in [-0.39, 0.29) is 12.3 Å². The summed E-state index contributed by atoms with van der Waals surface area (Å²) in [5, 5.41) is 14.1. The van der Waals surface area contributed by atoms with E-state index in [0.717, 1.165) is 33.5 Å². The van der Waals surface area contributed by atoms with Crippen molar-refractivity contribution in [3.8, 4) is 5.13 Å². The monoisotopic (exact) mass is 359 g/mol. The third kappa shape index (κ3) is 3.96. The zero-order valence-corrected chi connectivity index (χ0v) is 15.6. The van der Waals surface area contributed by atoms with Gasteiger partial charge in [-0.1, -0.05) is 5.16 Å². The molecule has 0 bridgehead atoms. The fourth-order valence-corrected chi connectivity index (χ4v) is 3.50. The molecule has 0 atom stereocenters. The first-order chi connectivity index (χ1) is 11.9. The molecule has 0 aliphatic heterocycles. The number of amides is 1. The van der Waals surface area contributed by atoms with Crippen molar-refractivity contribution in [2.45, 2.75) is 40.5 Å². The molecule has 1 amide bonds. The molecule has 0 aliphatic carbocycles. The van der Waals surface area contributed by atoms with Gasteiger partial charge in [0.25, 0.3) is 0 Å². The Bertz CT molecular complexity index is 873. The maximum absolute atomic E-state index is 12.1. The number of hydrogen-bond donors (Lipinski definition) is 1. The lowest BCUT2D eigenvalue weighted by molar-refractivity contribution is -0.120. The molecule has 3 heterocycles. The predicted molar refractivity (Wildman–Crippen MR) is 95.1 cm³/mol. The van der Waals surface area contributed by atoms with E-state index in [1.165, 1.54) is 0 Å². The van der Waals surface area contributed by atoms with Crippen LogP contribution < -0.4 is 5.32 Å². The van der Waals surface area contributed by atoms with Crippen LogP contribution in [0.2, 0.25) is 0 Å². The van der Waals surface area contributed by atoms with Crippen LogP contribution in [-0.4, -0.2) is 32.4 Å².